The molecule has 0 fully saturated rings. The van der Waals surface area contributed by atoms with E-state index in [4.69, 9.17) is 4.74 Å². The van der Waals surface area contributed by atoms with Gasteiger partial charge in [-0.2, -0.15) is 4.68 Å². The van der Waals surface area contributed by atoms with E-state index in [1.807, 2.05) is 6.92 Å². The van der Waals surface area contributed by atoms with Crippen LogP contribution < -0.4 is 0 Å². The molecule has 0 spiro atoms. The summed E-state index contributed by atoms with van der Waals surface area (Å²) in [4.78, 5) is 17.8. The Balaban J connectivity index is 2.70. The third-order valence-corrected chi connectivity index (χ3v) is 5.03. The molecule has 0 saturated heterocycles. The summed E-state index contributed by atoms with van der Waals surface area (Å²) in [5.74, 6) is -0.201. The van der Waals surface area contributed by atoms with Crippen LogP contribution in [0.5, 0.6) is 0 Å². The molecule has 0 aliphatic carbocycles. The Hall–Kier alpha value is -1.48. The van der Waals surface area contributed by atoms with E-state index in [-0.39, 0.29) is 23.5 Å². The Kier molecular flexibility index (Phi) is 8.91. The van der Waals surface area contributed by atoms with Crippen molar-refractivity contribution in [1.29, 1.82) is 0 Å². The van der Waals surface area contributed by atoms with Gasteiger partial charge in [-0.15, -0.1) is 5.10 Å². The van der Waals surface area contributed by atoms with Crippen LogP contribution in [0.15, 0.2) is 11.5 Å². The number of sulfone groups is 1. The fourth-order valence-electron chi connectivity index (χ4n) is 2.15. The first-order valence-corrected chi connectivity index (χ1v) is 10.1. The fraction of sp³-hybridized carbons (Fsp3) is 0.800. The maximum atomic E-state index is 12.4. The lowest BCUT2D eigenvalue weighted by molar-refractivity contribution is 0.163. The number of amides is 1. The first kappa shape index (κ1) is 20.6. The summed E-state index contributed by atoms with van der Waals surface area (Å²) in [5, 5.41) is 3.51. The summed E-state index contributed by atoms with van der Waals surface area (Å²) < 4.78 is 30.2. The van der Waals surface area contributed by atoms with E-state index in [0.29, 0.717) is 19.7 Å². The van der Waals surface area contributed by atoms with Gasteiger partial charge in [-0.05, 0) is 20.3 Å². The average molecular weight is 360 g/mol. The summed E-state index contributed by atoms with van der Waals surface area (Å²) in [5.41, 5.74) is 0. The molecule has 1 amide bonds. The van der Waals surface area contributed by atoms with Crippen LogP contribution in [0.1, 0.15) is 46.5 Å². The summed E-state index contributed by atoms with van der Waals surface area (Å²) in [6, 6.07) is -0.354. The normalized spacial score (nSPS) is 11.6. The Morgan fingerprint density at radius 2 is 2.00 bits per heavy atom. The van der Waals surface area contributed by atoms with Gasteiger partial charge in [0, 0.05) is 19.7 Å². The summed E-state index contributed by atoms with van der Waals surface area (Å²) in [6.07, 6.45) is 5.41. The maximum Gasteiger partial charge on any atom is 0.346 e. The summed E-state index contributed by atoms with van der Waals surface area (Å²) in [7, 11) is -3.64. The highest BCUT2D eigenvalue weighted by atomic mass is 32.2. The lowest BCUT2D eigenvalue weighted by Crippen LogP contribution is -2.35. The highest BCUT2D eigenvalue weighted by Gasteiger charge is 2.22. The number of nitrogens with zero attached hydrogens (tertiary/aromatic N) is 4. The van der Waals surface area contributed by atoms with E-state index in [9.17, 15) is 13.2 Å². The Morgan fingerprint density at radius 1 is 1.25 bits per heavy atom. The number of aromatic nitrogens is 3. The second kappa shape index (κ2) is 10.4. The molecular weight excluding hydrogens is 332 g/mol. The lowest BCUT2D eigenvalue weighted by Gasteiger charge is -2.19. The third kappa shape index (κ3) is 6.20. The molecule has 0 aromatic carbocycles. The van der Waals surface area contributed by atoms with Gasteiger partial charge in [0.05, 0.1) is 12.4 Å². The molecule has 0 unspecified atom stereocenters. The molecule has 0 atom stereocenters. The van der Waals surface area contributed by atoms with E-state index in [1.165, 1.54) is 0 Å². The summed E-state index contributed by atoms with van der Waals surface area (Å²) >= 11 is 0. The smallest absolute Gasteiger partial charge is 0.346 e. The number of rotatable bonds is 11. The molecule has 138 valence electrons. The Bertz CT molecular complexity index is 600. The van der Waals surface area contributed by atoms with Crippen molar-refractivity contribution in [3.05, 3.63) is 6.33 Å². The molecular formula is C15H28N4O4S. The van der Waals surface area contributed by atoms with Crippen LogP contribution in [0.2, 0.25) is 0 Å². The predicted octanol–water partition coefficient (Wildman–Crippen LogP) is 1.96. The number of hydrogen-bond donors (Lipinski definition) is 0. The monoisotopic (exact) mass is 360 g/mol. The minimum Gasteiger partial charge on any atom is -0.381 e. The van der Waals surface area contributed by atoms with Crippen LogP contribution in [-0.4, -0.2) is 66.2 Å². The molecule has 0 radical (unpaired) electrons. The van der Waals surface area contributed by atoms with Crippen molar-refractivity contribution in [2.45, 2.75) is 51.6 Å². The molecule has 8 nitrogen and oxygen atoms in total. The molecule has 0 bridgehead atoms. The van der Waals surface area contributed by atoms with Crippen LogP contribution in [0, 0.1) is 0 Å². The topological polar surface area (TPSA) is 94.4 Å². The number of ether oxygens (including phenoxy) is 1. The van der Waals surface area contributed by atoms with Gasteiger partial charge in [0.25, 0.3) is 5.16 Å². The van der Waals surface area contributed by atoms with E-state index in [0.717, 1.165) is 36.7 Å². The van der Waals surface area contributed by atoms with Crippen LogP contribution in [0.4, 0.5) is 4.79 Å². The quantitative estimate of drug-likeness (QED) is 0.560. The van der Waals surface area contributed by atoms with E-state index < -0.39 is 9.84 Å². The number of carbonyl (C=O) groups excluding carboxylic acids is 1. The highest BCUT2D eigenvalue weighted by Crippen LogP contribution is 2.07. The molecule has 0 aliphatic rings. The molecule has 1 aromatic heterocycles. The first-order chi connectivity index (χ1) is 11.5. The van der Waals surface area contributed by atoms with Gasteiger partial charge in [-0.3, -0.25) is 0 Å². The summed E-state index contributed by atoms with van der Waals surface area (Å²) in [6.45, 7) is 7.50. The van der Waals surface area contributed by atoms with Crippen LogP contribution >= 0.6 is 0 Å². The first-order valence-electron chi connectivity index (χ1n) is 8.47. The molecule has 0 aliphatic heterocycles. The van der Waals surface area contributed by atoms with E-state index in [2.05, 4.69) is 17.0 Å². The number of hydrogen-bond acceptors (Lipinski definition) is 6. The van der Waals surface area contributed by atoms with Gasteiger partial charge in [0.1, 0.15) is 6.33 Å². The molecule has 9 heteroatoms. The zero-order valence-corrected chi connectivity index (χ0v) is 15.6. The van der Waals surface area contributed by atoms with Crippen molar-refractivity contribution >= 4 is 15.9 Å². The largest absolute Gasteiger partial charge is 0.381 e. The van der Waals surface area contributed by atoms with Crippen LogP contribution in [-0.2, 0) is 14.6 Å². The molecule has 1 rings (SSSR count). The van der Waals surface area contributed by atoms with Gasteiger partial charge in [-0.25, -0.2) is 18.2 Å². The van der Waals surface area contributed by atoms with Crippen molar-refractivity contribution in [1.82, 2.24) is 19.7 Å². The molecule has 0 N–H and O–H groups in total. The van der Waals surface area contributed by atoms with Crippen molar-refractivity contribution in [2.75, 3.05) is 32.1 Å². The molecule has 0 saturated carbocycles. The van der Waals surface area contributed by atoms with Gasteiger partial charge < -0.3 is 9.64 Å². The van der Waals surface area contributed by atoms with E-state index >= 15 is 0 Å². The second-order valence-corrected chi connectivity index (χ2v) is 7.41. The van der Waals surface area contributed by atoms with Gasteiger partial charge >= 0.3 is 6.03 Å². The van der Waals surface area contributed by atoms with Crippen molar-refractivity contribution in [3.63, 3.8) is 0 Å². The average Bonchev–Trinajstić information content (AvgIpc) is 3.05. The predicted molar refractivity (Wildman–Crippen MR) is 90.8 cm³/mol. The van der Waals surface area contributed by atoms with Gasteiger partial charge in [0.2, 0.25) is 9.84 Å². The third-order valence-electron chi connectivity index (χ3n) is 3.58. The Morgan fingerprint density at radius 3 is 2.62 bits per heavy atom. The lowest BCUT2D eigenvalue weighted by atomic mass is 10.2. The van der Waals surface area contributed by atoms with E-state index in [1.54, 1.807) is 11.8 Å². The minimum absolute atomic E-state index is 0.0832. The van der Waals surface area contributed by atoms with Crippen molar-refractivity contribution in [2.24, 2.45) is 0 Å². The van der Waals surface area contributed by atoms with Crippen LogP contribution in [0.25, 0.3) is 0 Å². The number of unbranched alkanes of at least 4 members (excludes halogenated alkanes) is 3. The van der Waals surface area contributed by atoms with Crippen molar-refractivity contribution < 1.29 is 17.9 Å². The number of carbonyl (C=O) groups is 1. The highest BCUT2D eigenvalue weighted by molar-refractivity contribution is 7.91. The molecule has 1 heterocycles. The van der Waals surface area contributed by atoms with Gasteiger partial charge in [-0.1, -0.05) is 26.2 Å². The SMILES string of the molecule is CCCCCCN(CC)C(=O)n1cnc(S(=O)(=O)CCOCC)n1. The Labute approximate surface area is 144 Å². The molecule has 24 heavy (non-hydrogen) atoms. The fourth-order valence-corrected chi connectivity index (χ4v) is 3.09. The maximum absolute atomic E-state index is 12.4. The second-order valence-electron chi connectivity index (χ2n) is 5.41. The zero-order valence-electron chi connectivity index (χ0n) is 14.8. The van der Waals surface area contributed by atoms with Crippen molar-refractivity contribution in [3.8, 4) is 0 Å². The standard InChI is InChI=1S/C15H28N4O4S/c1-4-7-8-9-10-18(5-2)15(20)19-13-16-14(17-19)24(21,22)12-11-23-6-3/h13H,4-12H2,1-3H3. The minimum atomic E-state index is -3.64. The molecule has 1 aromatic rings. The zero-order chi connectivity index (χ0) is 18.0. The van der Waals surface area contributed by atoms with Crippen LogP contribution in [0.3, 0.4) is 0 Å². The van der Waals surface area contributed by atoms with Gasteiger partial charge in [0.15, 0.2) is 0 Å².